The lowest BCUT2D eigenvalue weighted by Crippen LogP contribution is -2.30. The Bertz CT molecular complexity index is 947. The average molecular weight is 863 g/mol. The summed E-state index contributed by atoms with van der Waals surface area (Å²) in [6.45, 7) is 13.7. The summed E-state index contributed by atoms with van der Waals surface area (Å²) < 4.78 is 16.8. The van der Waals surface area contributed by atoms with Crippen LogP contribution in [-0.4, -0.2) is 37.2 Å². The van der Waals surface area contributed by atoms with E-state index in [0.717, 1.165) is 75.5 Å². The highest BCUT2D eigenvalue weighted by Gasteiger charge is 2.19. The van der Waals surface area contributed by atoms with E-state index in [1.54, 1.807) is 0 Å². The molecule has 0 radical (unpaired) electrons. The van der Waals surface area contributed by atoms with Crippen molar-refractivity contribution in [3.63, 3.8) is 0 Å². The molecule has 1 unspecified atom stereocenters. The average Bonchev–Trinajstić information content (AvgIpc) is 3.23. The molecule has 0 aromatic heterocycles. The number of carbonyl (C=O) groups is 3. The van der Waals surface area contributed by atoms with Gasteiger partial charge in [-0.05, 0) is 37.0 Å². The largest absolute Gasteiger partial charge is 0.462 e. The van der Waals surface area contributed by atoms with Gasteiger partial charge in [0.1, 0.15) is 13.2 Å². The normalized spacial score (nSPS) is 12.6. The standard InChI is InChI=1S/C55H106O6/c1-7-51(6)43-37-31-24-20-16-12-8-9-13-18-22-26-34-40-46-55(58)61-52(48-60-54(57)45-39-33-28-27-30-36-42-50(4)5)47-59-53(56)44-38-32-25-21-17-14-10-11-15-19-23-29-35-41-49(2)3/h49-52H,7-48H2,1-6H3/t51?,52-/m1/s1. The maximum absolute atomic E-state index is 12.8. The number of esters is 3. The van der Waals surface area contributed by atoms with Crippen molar-refractivity contribution in [2.45, 2.75) is 304 Å². The van der Waals surface area contributed by atoms with Gasteiger partial charge in [-0.3, -0.25) is 14.4 Å². The van der Waals surface area contributed by atoms with Crippen LogP contribution in [0.2, 0.25) is 0 Å². The first-order valence-electron chi connectivity index (χ1n) is 27.1. The first-order valence-corrected chi connectivity index (χ1v) is 27.1. The fraction of sp³-hybridized carbons (Fsp3) is 0.945. The van der Waals surface area contributed by atoms with Gasteiger partial charge in [-0.25, -0.2) is 0 Å². The van der Waals surface area contributed by atoms with Crippen LogP contribution in [0.1, 0.15) is 298 Å². The van der Waals surface area contributed by atoms with Crippen molar-refractivity contribution in [3.8, 4) is 0 Å². The van der Waals surface area contributed by atoms with Gasteiger partial charge in [0.05, 0.1) is 0 Å². The molecule has 0 aliphatic rings. The number of unbranched alkanes of at least 4 members (excludes halogenated alkanes) is 30. The first-order chi connectivity index (χ1) is 29.6. The van der Waals surface area contributed by atoms with E-state index in [4.69, 9.17) is 14.2 Å². The number of ether oxygens (including phenoxy) is 3. The van der Waals surface area contributed by atoms with E-state index in [1.165, 1.54) is 180 Å². The Labute approximate surface area is 380 Å². The van der Waals surface area contributed by atoms with Crippen LogP contribution in [0.15, 0.2) is 0 Å². The zero-order valence-electron chi connectivity index (χ0n) is 42.0. The van der Waals surface area contributed by atoms with E-state index in [-0.39, 0.29) is 31.1 Å². The van der Waals surface area contributed by atoms with Gasteiger partial charge in [-0.15, -0.1) is 0 Å². The van der Waals surface area contributed by atoms with Crippen LogP contribution in [0.5, 0.6) is 0 Å². The monoisotopic (exact) mass is 863 g/mol. The minimum Gasteiger partial charge on any atom is -0.462 e. The Morgan fingerprint density at radius 3 is 0.852 bits per heavy atom. The van der Waals surface area contributed by atoms with Crippen molar-refractivity contribution in [1.29, 1.82) is 0 Å². The zero-order valence-corrected chi connectivity index (χ0v) is 42.0. The van der Waals surface area contributed by atoms with Crippen molar-refractivity contribution < 1.29 is 28.6 Å². The van der Waals surface area contributed by atoms with Crippen LogP contribution in [0.25, 0.3) is 0 Å². The van der Waals surface area contributed by atoms with Crippen LogP contribution in [0, 0.1) is 17.8 Å². The number of hydrogen-bond acceptors (Lipinski definition) is 6. The quantitative estimate of drug-likeness (QED) is 0.0344. The van der Waals surface area contributed by atoms with Gasteiger partial charge in [0.15, 0.2) is 6.10 Å². The Kier molecular flexibility index (Phi) is 45.2. The van der Waals surface area contributed by atoms with Gasteiger partial charge in [-0.1, -0.05) is 260 Å². The molecule has 0 aromatic rings. The van der Waals surface area contributed by atoms with Gasteiger partial charge < -0.3 is 14.2 Å². The van der Waals surface area contributed by atoms with E-state index < -0.39 is 6.10 Å². The molecule has 0 heterocycles. The van der Waals surface area contributed by atoms with Gasteiger partial charge in [0.25, 0.3) is 0 Å². The van der Waals surface area contributed by atoms with E-state index in [1.807, 2.05) is 0 Å². The summed E-state index contributed by atoms with van der Waals surface area (Å²) in [5.41, 5.74) is 0. The molecule has 362 valence electrons. The second-order valence-corrected chi connectivity index (χ2v) is 20.1. The summed E-state index contributed by atoms with van der Waals surface area (Å²) in [5, 5.41) is 0. The van der Waals surface area contributed by atoms with Crippen LogP contribution >= 0.6 is 0 Å². The second-order valence-electron chi connectivity index (χ2n) is 20.1. The Balaban J connectivity index is 4.25. The minimum absolute atomic E-state index is 0.0649. The van der Waals surface area contributed by atoms with Crippen LogP contribution < -0.4 is 0 Å². The van der Waals surface area contributed by atoms with Crippen molar-refractivity contribution in [2.24, 2.45) is 17.8 Å². The first kappa shape index (κ1) is 59.4. The summed E-state index contributed by atoms with van der Waals surface area (Å²) in [6.07, 6.45) is 46.7. The summed E-state index contributed by atoms with van der Waals surface area (Å²) in [5.74, 6) is 1.64. The molecule has 2 atom stereocenters. The lowest BCUT2D eigenvalue weighted by atomic mass is 9.99. The number of hydrogen-bond donors (Lipinski definition) is 0. The molecular formula is C55H106O6. The molecule has 61 heavy (non-hydrogen) atoms. The van der Waals surface area contributed by atoms with E-state index in [9.17, 15) is 14.4 Å². The highest BCUT2D eigenvalue weighted by molar-refractivity contribution is 5.71. The lowest BCUT2D eigenvalue weighted by Gasteiger charge is -2.18. The molecule has 0 saturated carbocycles. The summed E-state index contributed by atoms with van der Waals surface area (Å²) >= 11 is 0. The van der Waals surface area contributed by atoms with Gasteiger partial charge in [-0.2, -0.15) is 0 Å². The Morgan fingerprint density at radius 2 is 0.574 bits per heavy atom. The number of carbonyl (C=O) groups excluding carboxylic acids is 3. The van der Waals surface area contributed by atoms with Gasteiger partial charge in [0, 0.05) is 19.3 Å². The smallest absolute Gasteiger partial charge is 0.306 e. The highest BCUT2D eigenvalue weighted by Crippen LogP contribution is 2.18. The molecule has 6 heteroatoms. The predicted octanol–water partition coefficient (Wildman–Crippen LogP) is 17.6. The molecule has 0 fully saturated rings. The Hall–Kier alpha value is -1.59. The fourth-order valence-electron chi connectivity index (χ4n) is 8.26. The van der Waals surface area contributed by atoms with Crippen molar-refractivity contribution in [1.82, 2.24) is 0 Å². The van der Waals surface area contributed by atoms with E-state index >= 15 is 0 Å². The predicted molar refractivity (Wildman–Crippen MR) is 261 cm³/mol. The molecule has 0 rings (SSSR count). The van der Waals surface area contributed by atoms with Crippen molar-refractivity contribution in [3.05, 3.63) is 0 Å². The van der Waals surface area contributed by atoms with Crippen LogP contribution in [0.3, 0.4) is 0 Å². The van der Waals surface area contributed by atoms with Crippen LogP contribution in [0.4, 0.5) is 0 Å². The minimum atomic E-state index is -0.763. The third kappa shape index (κ3) is 47.7. The SMILES string of the molecule is CCC(C)CCCCCCCCCCCCCCCCC(=O)O[C@H](COC(=O)CCCCCCCCCCCCCCCC(C)C)COC(=O)CCCCCCCCC(C)C. The van der Waals surface area contributed by atoms with Gasteiger partial charge in [0.2, 0.25) is 0 Å². The topological polar surface area (TPSA) is 78.9 Å². The summed E-state index contributed by atoms with van der Waals surface area (Å²) in [7, 11) is 0. The maximum atomic E-state index is 12.8. The lowest BCUT2D eigenvalue weighted by molar-refractivity contribution is -0.167. The molecule has 0 N–H and O–H groups in total. The van der Waals surface area contributed by atoms with Crippen LogP contribution in [-0.2, 0) is 28.6 Å². The molecule has 0 spiro atoms. The summed E-state index contributed by atoms with van der Waals surface area (Å²) in [6, 6.07) is 0. The molecular weight excluding hydrogens is 757 g/mol. The third-order valence-corrected chi connectivity index (χ3v) is 12.8. The molecule has 0 aliphatic carbocycles. The molecule has 0 aliphatic heterocycles. The zero-order chi connectivity index (χ0) is 44.9. The number of rotatable bonds is 48. The molecule has 0 bridgehead atoms. The Morgan fingerprint density at radius 1 is 0.328 bits per heavy atom. The second kappa shape index (κ2) is 46.4. The molecule has 6 nitrogen and oxygen atoms in total. The van der Waals surface area contributed by atoms with E-state index in [2.05, 4.69) is 41.5 Å². The highest BCUT2D eigenvalue weighted by atomic mass is 16.6. The molecule has 0 amide bonds. The third-order valence-electron chi connectivity index (χ3n) is 12.8. The van der Waals surface area contributed by atoms with E-state index in [0.29, 0.717) is 19.3 Å². The fourth-order valence-corrected chi connectivity index (χ4v) is 8.26. The van der Waals surface area contributed by atoms with Crippen molar-refractivity contribution >= 4 is 17.9 Å². The van der Waals surface area contributed by atoms with Gasteiger partial charge >= 0.3 is 17.9 Å². The molecule has 0 saturated heterocycles. The summed E-state index contributed by atoms with van der Waals surface area (Å²) in [4.78, 5) is 38.0. The molecule has 0 aromatic carbocycles. The maximum Gasteiger partial charge on any atom is 0.306 e. The van der Waals surface area contributed by atoms with Crippen molar-refractivity contribution in [2.75, 3.05) is 13.2 Å².